The van der Waals surface area contributed by atoms with Gasteiger partial charge in [0, 0.05) is 11.6 Å². The zero-order chi connectivity index (χ0) is 12.4. The van der Waals surface area contributed by atoms with E-state index in [1.165, 1.54) is 0 Å². The molecule has 1 heterocycles. The SMILES string of the molecule is O=c1cc(O)c(-c2ccccc2)c(C(F)F)[nH]1. The molecule has 0 spiro atoms. The van der Waals surface area contributed by atoms with Crippen molar-refractivity contribution in [3.8, 4) is 16.9 Å². The van der Waals surface area contributed by atoms with Gasteiger partial charge in [-0.05, 0) is 5.56 Å². The Bertz CT molecular complexity index is 579. The molecule has 0 bridgehead atoms. The summed E-state index contributed by atoms with van der Waals surface area (Å²) in [6, 6.07) is 9.10. The molecule has 0 atom stereocenters. The number of benzene rings is 1. The van der Waals surface area contributed by atoms with Crippen LogP contribution in [0, 0.1) is 0 Å². The summed E-state index contributed by atoms with van der Waals surface area (Å²) in [6.45, 7) is 0. The smallest absolute Gasteiger partial charge is 0.279 e. The third kappa shape index (κ3) is 2.18. The van der Waals surface area contributed by atoms with Crippen molar-refractivity contribution in [2.24, 2.45) is 0 Å². The number of nitrogens with one attached hydrogen (secondary N) is 1. The molecular formula is C12H9F2NO2. The van der Waals surface area contributed by atoms with Crippen LogP contribution in [0.25, 0.3) is 11.1 Å². The molecule has 0 aliphatic heterocycles. The van der Waals surface area contributed by atoms with E-state index in [2.05, 4.69) is 0 Å². The lowest BCUT2D eigenvalue weighted by Crippen LogP contribution is -2.09. The Kier molecular flexibility index (Phi) is 2.91. The Balaban J connectivity index is 2.72. The summed E-state index contributed by atoms with van der Waals surface area (Å²) in [6.07, 6.45) is -2.86. The van der Waals surface area contributed by atoms with Crippen molar-refractivity contribution in [3.63, 3.8) is 0 Å². The molecule has 1 aromatic heterocycles. The molecule has 0 saturated heterocycles. The minimum atomic E-state index is -2.86. The Morgan fingerprint density at radius 3 is 2.41 bits per heavy atom. The molecular weight excluding hydrogens is 228 g/mol. The number of aromatic hydroxyl groups is 1. The first-order chi connectivity index (χ1) is 8.09. The monoisotopic (exact) mass is 237 g/mol. The van der Waals surface area contributed by atoms with E-state index in [1.54, 1.807) is 30.3 Å². The van der Waals surface area contributed by atoms with E-state index in [0.29, 0.717) is 5.56 Å². The van der Waals surface area contributed by atoms with Crippen LogP contribution in [0.4, 0.5) is 8.78 Å². The van der Waals surface area contributed by atoms with Crippen LogP contribution in [0.3, 0.4) is 0 Å². The third-order valence-corrected chi connectivity index (χ3v) is 2.33. The van der Waals surface area contributed by atoms with Crippen molar-refractivity contribution in [2.45, 2.75) is 6.43 Å². The maximum atomic E-state index is 12.8. The van der Waals surface area contributed by atoms with Gasteiger partial charge in [0.25, 0.3) is 12.0 Å². The minimum absolute atomic E-state index is 0.0415. The first-order valence-corrected chi connectivity index (χ1v) is 4.89. The third-order valence-electron chi connectivity index (χ3n) is 2.33. The maximum Gasteiger partial charge on any atom is 0.279 e. The second kappa shape index (κ2) is 4.37. The van der Waals surface area contributed by atoms with Crippen molar-refractivity contribution in [2.75, 3.05) is 0 Å². The topological polar surface area (TPSA) is 53.1 Å². The summed E-state index contributed by atoms with van der Waals surface area (Å²) in [5.41, 5.74) is -0.935. The number of alkyl halides is 2. The van der Waals surface area contributed by atoms with Crippen LogP contribution in [0.1, 0.15) is 12.1 Å². The standard InChI is InChI=1S/C12H9F2NO2/c13-12(14)11-10(7-4-2-1-3-5-7)8(16)6-9(17)15-11/h1-6,12H,(H2,15,16,17). The molecule has 0 aliphatic rings. The predicted octanol–water partition coefficient (Wildman–Crippen LogP) is 2.69. The molecule has 0 unspecified atom stereocenters. The number of rotatable bonds is 2. The van der Waals surface area contributed by atoms with Crippen molar-refractivity contribution in [1.82, 2.24) is 4.98 Å². The van der Waals surface area contributed by atoms with Crippen LogP contribution in [0.5, 0.6) is 5.75 Å². The highest BCUT2D eigenvalue weighted by atomic mass is 19.3. The van der Waals surface area contributed by atoms with E-state index < -0.39 is 23.4 Å². The van der Waals surface area contributed by atoms with Crippen molar-refractivity contribution >= 4 is 0 Å². The molecule has 1 aromatic carbocycles. The second-order valence-electron chi connectivity index (χ2n) is 3.47. The molecule has 0 aliphatic carbocycles. The average molecular weight is 237 g/mol. The lowest BCUT2D eigenvalue weighted by molar-refractivity contribution is 0.146. The number of aromatic nitrogens is 1. The largest absolute Gasteiger partial charge is 0.507 e. The fraction of sp³-hybridized carbons (Fsp3) is 0.0833. The number of aromatic amines is 1. The lowest BCUT2D eigenvalue weighted by atomic mass is 10.0. The summed E-state index contributed by atoms with van der Waals surface area (Å²) in [4.78, 5) is 13.1. The predicted molar refractivity (Wildman–Crippen MR) is 59.1 cm³/mol. The summed E-state index contributed by atoms with van der Waals surface area (Å²) in [5.74, 6) is -0.449. The Morgan fingerprint density at radius 2 is 1.82 bits per heavy atom. The van der Waals surface area contributed by atoms with Gasteiger partial charge in [0.1, 0.15) is 5.75 Å². The quantitative estimate of drug-likeness (QED) is 0.843. The number of hydrogen-bond acceptors (Lipinski definition) is 2. The number of pyridine rings is 1. The molecule has 3 nitrogen and oxygen atoms in total. The summed E-state index contributed by atoms with van der Waals surface area (Å²) >= 11 is 0. The van der Waals surface area contributed by atoms with Gasteiger partial charge in [-0.1, -0.05) is 30.3 Å². The number of halogens is 2. The minimum Gasteiger partial charge on any atom is -0.507 e. The summed E-state index contributed by atoms with van der Waals surface area (Å²) in [5, 5.41) is 9.62. The molecule has 0 fully saturated rings. The molecule has 17 heavy (non-hydrogen) atoms. The highest BCUT2D eigenvalue weighted by Crippen LogP contribution is 2.34. The molecule has 2 rings (SSSR count). The van der Waals surface area contributed by atoms with E-state index >= 15 is 0 Å². The van der Waals surface area contributed by atoms with Gasteiger partial charge in [0.15, 0.2) is 0 Å². The first kappa shape index (κ1) is 11.3. The summed E-state index contributed by atoms with van der Waals surface area (Å²) < 4.78 is 25.6. The fourth-order valence-electron chi connectivity index (χ4n) is 1.64. The first-order valence-electron chi connectivity index (χ1n) is 4.89. The van der Waals surface area contributed by atoms with Gasteiger partial charge >= 0.3 is 0 Å². The van der Waals surface area contributed by atoms with E-state index in [1.807, 2.05) is 4.98 Å². The van der Waals surface area contributed by atoms with Crippen LogP contribution in [-0.4, -0.2) is 10.1 Å². The molecule has 5 heteroatoms. The van der Waals surface area contributed by atoms with Gasteiger partial charge in [-0.3, -0.25) is 4.79 Å². The Morgan fingerprint density at radius 1 is 1.18 bits per heavy atom. The number of hydrogen-bond donors (Lipinski definition) is 2. The molecule has 2 N–H and O–H groups in total. The Hall–Kier alpha value is -2.17. The van der Waals surface area contributed by atoms with E-state index in [0.717, 1.165) is 6.07 Å². The van der Waals surface area contributed by atoms with Crippen LogP contribution < -0.4 is 5.56 Å². The summed E-state index contributed by atoms with van der Waals surface area (Å²) in [7, 11) is 0. The Labute approximate surface area is 95.4 Å². The lowest BCUT2D eigenvalue weighted by Gasteiger charge is -2.10. The van der Waals surface area contributed by atoms with Gasteiger partial charge in [-0.25, -0.2) is 8.78 Å². The normalized spacial score (nSPS) is 10.8. The van der Waals surface area contributed by atoms with Gasteiger partial charge in [-0.2, -0.15) is 0 Å². The highest BCUT2D eigenvalue weighted by molar-refractivity contribution is 5.72. The fourth-order valence-corrected chi connectivity index (χ4v) is 1.64. The van der Waals surface area contributed by atoms with Crippen molar-refractivity contribution in [3.05, 3.63) is 52.4 Å². The van der Waals surface area contributed by atoms with Gasteiger partial charge < -0.3 is 10.1 Å². The van der Waals surface area contributed by atoms with Gasteiger partial charge in [-0.15, -0.1) is 0 Å². The highest BCUT2D eigenvalue weighted by Gasteiger charge is 2.19. The van der Waals surface area contributed by atoms with Gasteiger partial charge in [0.2, 0.25) is 0 Å². The second-order valence-corrected chi connectivity index (χ2v) is 3.47. The zero-order valence-corrected chi connectivity index (χ0v) is 8.65. The van der Waals surface area contributed by atoms with E-state index in [4.69, 9.17) is 0 Å². The molecule has 2 aromatic rings. The molecule has 0 radical (unpaired) electrons. The van der Waals surface area contributed by atoms with Crippen LogP contribution in [0.2, 0.25) is 0 Å². The van der Waals surface area contributed by atoms with Crippen LogP contribution in [0.15, 0.2) is 41.2 Å². The zero-order valence-electron chi connectivity index (χ0n) is 8.65. The van der Waals surface area contributed by atoms with Crippen LogP contribution >= 0.6 is 0 Å². The van der Waals surface area contributed by atoms with Gasteiger partial charge in [0.05, 0.1) is 5.69 Å². The molecule has 0 saturated carbocycles. The van der Waals surface area contributed by atoms with E-state index in [9.17, 15) is 18.7 Å². The van der Waals surface area contributed by atoms with Crippen molar-refractivity contribution in [1.29, 1.82) is 0 Å². The van der Waals surface area contributed by atoms with E-state index in [-0.39, 0.29) is 5.56 Å². The average Bonchev–Trinajstić information content (AvgIpc) is 2.29. The number of H-pyrrole nitrogens is 1. The maximum absolute atomic E-state index is 12.8. The molecule has 0 amide bonds. The van der Waals surface area contributed by atoms with Crippen LogP contribution in [-0.2, 0) is 0 Å². The van der Waals surface area contributed by atoms with Crippen molar-refractivity contribution < 1.29 is 13.9 Å². The molecule has 88 valence electrons.